The average molecular weight is 361 g/mol. The fourth-order valence-corrected chi connectivity index (χ4v) is 3.84. The molecule has 132 valence electrons. The van der Waals surface area contributed by atoms with Gasteiger partial charge in [0.05, 0.1) is 6.61 Å². The summed E-state index contributed by atoms with van der Waals surface area (Å²) in [6.07, 6.45) is 0.905. The number of sulfonamides is 1. The van der Waals surface area contributed by atoms with Crippen LogP contribution in [0.15, 0.2) is 52.0 Å². The first-order valence-electron chi connectivity index (χ1n) is 7.97. The Kier molecular flexibility index (Phi) is 5.00. The first-order chi connectivity index (χ1) is 12.0. The summed E-state index contributed by atoms with van der Waals surface area (Å²) in [4.78, 5) is 0.0384. The number of ether oxygens (including phenoxy) is 1. The predicted octanol–water partition coefficient (Wildman–Crippen LogP) is 3.05. The Balaban J connectivity index is 1.84. The van der Waals surface area contributed by atoms with E-state index in [2.05, 4.69) is 19.7 Å². The van der Waals surface area contributed by atoms with Crippen LogP contribution in [-0.4, -0.2) is 25.3 Å². The number of nitrogens with one attached hydrogen (secondary N) is 1. The number of hydrogen-bond donors (Lipinski definition) is 1. The van der Waals surface area contributed by atoms with Gasteiger partial charge in [0.1, 0.15) is 16.2 Å². The van der Waals surface area contributed by atoms with Gasteiger partial charge in [0.15, 0.2) is 5.52 Å². The van der Waals surface area contributed by atoms with Crippen molar-refractivity contribution in [1.29, 1.82) is 0 Å². The van der Waals surface area contributed by atoms with E-state index in [0.29, 0.717) is 17.9 Å². The maximum atomic E-state index is 12.7. The molecule has 0 saturated carbocycles. The fraction of sp³-hybridized carbons (Fsp3) is 0.294. The zero-order valence-electron chi connectivity index (χ0n) is 14.0. The number of rotatable bonds is 7. The van der Waals surface area contributed by atoms with Crippen molar-refractivity contribution in [2.24, 2.45) is 0 Å². The third-order valence-electron chi connectivity index (χ3n) is 3.70. The molecule has 8 heteroatoms. The van der Waals surface area contributed by atoms with E-state index in [1.165, 1.54) is 6.07 Å². The van der Waals surface area contributed by atoms with Crippen molar-refractivity contribution in [2.45, 2.75) is 31.2 Å². The van der Waals surface area contributed by atoms with Gasteiger partial charge in [-0.1, -0.05) is 25.1 Å². The van der Waals surface area contributed by atoms with Crippen LogP contribution < -0.4 is 9.46 Å². The van der Waals surface area contributed by atoms with E-state index >= 15 is 0 Å². The van der Waals surface area contributed by atoms with Crippen LogP contribution in [0.2, 0.25) is 0 Å². The van der Waals surface area contributed by atoms with Crippen LogP contribution in [0.5, 0.6) is 5.75 Å². The second kappa shape index (κ2) is 7.20. The molecule has 0 aliphatic carbocycles. The molecule has 0 bridgehead atoms. The van der Waals surface area contributed by atoms with Crippen LogP contribution in [0.4, 0.5) is 0 Å². The molecular weight excluding hydrogens is 342 g/mol. The van der Waals surface area contributed by atoms with Gasteiger partial charge in [0.25, 0.3) is 0 Å². The molecule has 1 aromatic heterocycles. The topological polar surface area (TPSA) is 94.3 Å². The van der Waals surface area contributed by atoms with Gasteiger partial charge in [0, 0.05) is 6.04 Å². The van der Waals surface area contributed by atoms with Gasteiger partial charge in [0.2, 0.25) is 10.0 Å². The van der Waals surface area contributed by atoms with Gasteiger partial charge < -0.3 is 4.74 Å². The van der Waals surface area contributed by atoms with Crippen molar-refractivity contribution in [3.8, 4) is 5.75 Å². The molecule has 3 aromatic rings. The third kappa shape index (κ3) is 3.80. The first-order valence-corrected chi connectivity index (χ1v) is 9.46. The lowest BCUT2D eigenvalue weighted by molar-refractivity contribution is 0.315. The summed E-state index contributed by atoms with van der Waals surface area (Å²) < 4.78 is 38.4. The standard InChI is InChI=1S/C17H19N3O4S/c1-3-10-23-14-7-4-6-13(11-14)12(2)20-25(21,22)16-9-5-8-15-17(16)19-24-18-15/h4-9,11-12,20H,3,10H2,1-2H3/t12-/m1/s1. The van der Waals surface area contributed by atoms with Gasteiger partial charge >= 0.3 is 0 Å². The maximum Gasteiger partial charge on any atom is 0.243 e. The summed E-state index contributed by atoms with van der Waals surface area (Å²) in [7, 11) is -3.79. The Morgan fingerprint density at radius 2 is 2.00 bits per heavy atom. The third-order valence-corrected chi connectivity index (χ3v) is 5.27. The molecule has 3 rings (SSSR count). The minimum atomic E-state index is -3.79. The molecular formula is C17H19N3O4S. The number of fused-ring (bicyclic) bond motifs is 1. The fourth-order valence-electron chi connectivity index (χ4n) is 2.46. The Morgan fingerprint density at radius 3 is 2.80 bits per heavy atom. The van der Waals surface area contributed by atoms with Crippen molar-refractivity contribution < 1.29 is 17.8 Å². The molecule has 0 fully saturated rings. The molecule has 2 aromatic carbocycles. The van der Waals surface area contributed by atoms with E-state index in [1.54, 1.807) is 19.1 Å². The lowest BCUT2D eigenvalue weighted by atomic mass is 10.1. The van der Waals surface area contributed by atoms with Gasteiger partial charge in [-0.05, 0) is 53.5 Å². The maximum absolute atomic E-state index is 12.7. The van der Waals surface area contributed by atoms with Gasteiger partial charge in [-0.25, -0.2) is 17.8 Å². The van der Waals surface area contributed by atoms with E-state index in [4.69, 9.17) is 4.74 Å². The predicted molar refractivity (Wildman–Crippen MR) is 92.8 cm³/mol. The van der Waals surface area contributed by atoms with Gasteiger partial charge in [-0.2, -0.15) is 0 Å². The first kappa shape index (κ1) is 17.4. The number of hydrogen-bond acceptors (Lipinski definition) is 6. The molecule has 0 aliphatic rings. The highest BCUT2D eigenvalue weighted by Crippen LogP contribution is 2.24. The van der Waals surface area contributed by atoms with Crippen LogP contribution in [0.1, 0.15) is 31.9 Å². The molecule has 0 amide bonds. The van der Waals surface area contributed by atoms with E-state index in [0.717, 1.165) is 12.0 Å². The minimum absolute atomic E-state index is 0.0384. The second-order valence-corrected chi connectivity index (χ2v) is 7.33. The molecule has 0 spiro atoms. The van der Waals surface area contributed by atoms with Crippen molar-refractivity contribution in [3.05, 3.63) is 48.0 Å². The Labute approximate surface area is 146 Å². The van der Waals surface area contributed by atoms with Crippen LogP contribution in [0.25, 0.3) is 11.0 Å². The Hall–Kier alpha value is -2.45. The summed E-state index contributed by atoms with van der Waals surface area (Å²) in [5.41, 5.74) is 1.41. The van der Waals surface area contributed by atoms with Crippen LogP contribution in [0.3, 0.4) is 0 Å². The molecule has 1 N–H and O–H groups in total. The molecule has 1 heterocycles. The monoisotopic (exact) mass is 361 g/mol. The minimum Gasteiger partial charge on any atom is -0.494 e. The van der Waals surface area contributed by atoms with Gasteiger partial charge in [-0.3, -0.25) is 0 Å². The quantitative estimate of drug-likeness (QED) is 0.695. The van der Waals surface area contributed by atoms with E-state index in [-0.39, 0.29) is 10.4 Å². The molecule has 0 saturated heterocycles. The summed E-state index contributed by atoms with van der Waals surface area (Å²) >= 11 is 0. The zero-order valence-corrected chi connectivity index (χ0v) is 14.8. The summed E-state index contributed by atoms with van der Waals surface area (Å²) in [5, 5.41) is 7.36. The summed E-state index contributed by atoms with van der Waals surface area (Å²) in [5.74, 6) is 0.716. The zero-order chi connectivity index (χ0) is 17.9. The largest absolute Gasteiger partial charge is 0.494 e. The SMILES string of the molecule is CCCOc1cccc([C@@H](C)NS(=O)(=O)c2cccc3nonc23)c1. The smallest absolute Gasteiger partial charge is 0.243 e. The normalized spacial score (nSPS) is 13.0. The van der Waals surface area contributed by atoms with E-state index in [1.807, 2.05) is 31.2 Å². The summed E-state index contributed by atoms with van der Waals surface area (Å²) in [6.45, 7) is 4.42. The molecule has 0 aliphatic heterocycles. The van der Waals surface area contributed by atoms with Crippen molar-refractivity contribution in [2.75, 3.05) is 6.61 Å². The number of aromatic nitrogens is 2. The Bertz CT molecular complexity index is 969. The lowest BCUT2D eigenvalue weighted by Crippen LogP contribution is -2.27. The molecule has 0 unspecified atom stereocenters. The Morgan fingerprint density at radius 1 is 1.20 bits per heavy atom. The van der Waals surface area contributed by atoms with Crippen LogP contribution >= 0.6 is 0 Å². The molecule has 1 atom stereocenters. The lowest BCUT2D eigenvalue weighted by Gasteiger charge is -2.16. The second-order valence-electron chi connectivity index (χ2n) is 5.65. The van der Waals surface area contributed by atoms with Crippen LogP contribution in [0, 0.1) is 0 Å². The van der Waals surface area contributed by atoms with Gasteiger partial charge in [-0.15, -0.1) is 0 Å². The highest BCUT2D eigenvalue weighted by molar-refractivity contribution is 7.89. The highest BCUT2D eigenvalue weighted by atomic mass is 32.2. The highest BCUT2D eigenvalue weighted by Gasteiger charge is 2.23. The number of nitrogens with zero attached hydrogens (tertiary/aromatic N) is 2. The van der Waals surface area contributed by atoms with Crippen molar-refractivity contribution >= 4 is 21.1 Å². The number of benzene rings is 2. The van der Waals surface area contributed by atoms with Crippen molar-refractivity contribution in [1.82, 2.24) is 15.0 Å². The molecule has 25 heavy (non-hydrogen) atoms. The summed E-state index contributed by atoms with van der Waals surface area (Å²) in [6, 6.07) is 11.7. The van der Waals surface area contributed by atoms with E-state index < -0.39 is 16.1 Å². The van der Waals surface area contributed by atoms with Crippen LogP contribution in [-0.2, 0) is 10.0 Å². The van der Waals surface area contributed by atoms with Crippen molar-refractivity contribution in [3.63, 3.8) is 0 Å². The molecule has 7 nitrogen and oxygen atoms in total. The molecule has 0 radical (unpaired) electrons. The average Bonchev–Trinajstić information content (AvgIpc) is 3.08. The van der Waals surface area contributed by atoms with E-state index in [9.17, 15) is 8.42 Å².